The van der Waals surface area contributed by atoms with Crippen LogP contribution in [-0.2, 0) is 9.09 Å². The summed E-state index contributed by atoms with van der Waals surface area (Å²) in [6.45, 7) is 5.19. The Morgan fingerprint density at radius 1 is 0.465 bits per heavy atom. The molecule has 0 saturated heterocycles. The highest BCUT2D eigenvalue weighted by Gasteiger charge is 2.41. The minimum absolute atomic E-state index is 0.634. The van der Waals surface area contributed by atoms with Gasteiger partial charge in [0.2, 0.25) is 0 Å². The Hall–Kier alpha value is 0.0700. The molecule has 2 N–H and O–H groups in total. The zero-order valence-corrected chi connectivity index (χ0v) is 30.9. The van der Waals surface area contributed by atoms with Gasteiger partial charge in [-0.25, -0.2) is 4.57 Å². The number of unbranched alkanes of at least 4 members (excludes halogenated alkanes) is 26. The van der Waals surface area contributed by atoms with E-state index in [1.807, 2.05) is 0 Å². The number of likely N-dealkylation sites (N-methyl/N-ethyl adjacent to an activating group) is 1. The van der Waals surface area contributed by atoms with Crippen LogP contribution in [0.15, 0.2) is 0 Å². The molecule has 5 nitrogen and oxygen atoms in total. The van der Waals surface area contributed by atoms with Crippen molar-refractivity contribution in [1.82, 2.24) is 0 Å². The Balaban J connectivity index is 4.29. The summed E-state index contributed by atoms with van der Waals surface area (Å²) in [5.41, 5.74) is -0.745. The van der Waals surface area contributed by atoms with Crippen molar-refractivity contribution in [3.8, 4) is 0 Å². The molecule has 0 aliphatic rings. The van der Waals surface area contributed by atoms with E-state index in [4.69, 9.17) is 4.52 Å². The van der Waals surface area contributed by atoms with Crippen LogP contribution in [0, 0.1) is 0 Å². The fourth-order valence-electron chi connectivity index (χ4n) is 6.80. The van der Waals surface area contributed by atoms with Gasteiger partial charge in [-0.3, -0.25) is 4.52 Å². The molecular formula is C37H79NO4P+. The zero-order valence-electron chi connectivity index (χ0n) is 30.0. The molecule has 0 unspecified atom stereocenters. The monoisotopic (exact) mass is 633 g/mol. The first-order valence-corrected chi connectivity index (χ1v) is 20.6. The summed E-state index contributed by atoms with van der Waals surface area (Å²) in [6, 6.07) is 0. The van der Waals surface area contributed by atoms with Crippen molar-refractivity contribution in [2.24, 2.45) is 0 Å². The van der Waals surface area contributed by atoms with E-state index in [9.17, 15) is 14.4 Å². The highest BCUT2D eigenvalue weighted by molar-refractivity contribution is 7.46. The molecule has 0 fully saturated rings. The predicted molar refractivity (Wildman–Crippen MR) is 189 cm³/mol. The summed E-state index contributed by atoms with van der Waals surface area (Å²) in [5.74, 6) is 0. The largest absolute Gasteiger partial charge is 0.470 e. The molecule has 0 spiro atoms. The summed E-state index contributed by atoms with van der Waals surface area (Å²) < 4.78 is 18.4. The molecule has 0 bridgehead atoms. The predicted octanol–water partition coefficient (Wildman–Crippen LogP) is 12.3. The van der Waals surface area contributed by atoms with E-state index < -0.39 is 13.4 Å². The summed E-state index contributed by atoms with van der Waals surface area (Å²) >= 11 is 0. The molecule has 0 aromatic heterocycles. The first-order chi connectivity index (χ1) is 20.5. The van der Waals surface area contributed by atoms with Crippen molar-refractivity contribution in [3.05, 3.63) is 0 Å². The lowest BCUT2D eigenvalue weighted by Crippen LogP contribution is -2.50. The van der Waals surface area contributed by atoms with Crippen LogP contribution in [0.4, 0.5) is 0 Å². The second-order valence-electron chi connectivity index (χ2n) is 14.9. The number of phosphoric acid groups is 1. The van der Waals surface area contributed by atoms with Crippen LogP contribution in [-0.4, -0.2) is 47.6 Å². The number of rotatable bonds is 34. The Kier molecular flexibility index (Phi) is 28.4. The van der Waals surface area contributed by atoms with Crippen molar-refractivity contribution in [2.75, 3.05) is 27.7 Å². The van der Waals surface area contributed by atoms with Gasteiger partial charge >= 0.3 is 7.82 Å². The Bertz CT molecular complexity index is 599. The first kappa shape index (κ1) is 43.1. The van der Waals surface area contributed by atoms with Crippen LogP contribution in [0.5, 0.6) is 0 Å². The van der Waals surface area contributed by atoms with Gasteiger partial charge in [0.05, 0.1) is 21.1 Å². The van der Waals surface area contributed by atoms with Gasteiger partial charge in [0.25, 0.3) is 0 Å². The number of phosphoric ester groups is 1. The van der Waals surface area contributed by atoms with E-state index in [2.05, 4.69) is 35.0 Å². The van der Waals surface area contributed by atoms with Crippen molar-refractivity contribution in [1.29, 1.82) is 0 Å². The van der Waals surface area contributed by atoms with E-state index in [1.165, 1.54) is 154 Å². The highest BCUT2D eigenvalue weighted by atomic mass is 31.2. The van der Waals surface area contributed by atoms with Gasteiger partial charge in [0.1, 0.15) is 12.1 Å². The van der Waals surface area contributed by atoms with Crippen LogP contribution in [0.3, 0.4) is 0 Å². The number of quaternary nitrogens is 1. The summed E-state index contributed by atoms with van der Waals surface area (Å²) in [4.78, 5) is 19.7. The maximum Gasteiger partial charge on any atom is 0.470 e. The van der Waals surface area contributed by atoms with Gasteiger partial charge < -0.3 is 14.3 Å². The Morgan fingerprint density at radius 2 is 0.698 bits per heavy atom. The standard InChI is InChI=1S/C37H78NO4P/c1-6-8-10-12-14-16-18-20-22-24-26-28-30-32-34-37(36-38(3,4)5,42-43(39,40)41)35-33-31-29-27-25-23-21-19-17-15-13-11-9-7-2/h6-36H2,1-5H3,(H-,39,40,41)/p+1. The third-order valence-corrected chi connectivity index (χ3v) is 9.67. The maximum absolute atomic E-state index is 12.1. The fourth-order valence-corrected chi connectivity index (χ4v) is 7.55. The van der Waals surface area contributed by atoms with Crippen molar-refractivity contribution in [2.45, 2.75) is 212 Å². The molecule has 43 heavy (non-hydrogen) atoms. The summed E-state index contributed by atoms with van der Waals surface area (Å²) in [6.07, 6.45) is 38.2. The van der Waals surface area contributed by atoms with Gasteiger partial charge in [-0.05, 0) is 12.8 Å². The normalized spacial score (nSPS) is 12.8. The molecule has 0 atom stereocenters. The smallest absolute Gasteiger partial charge is 0.329 e. The third-order valence-electron chi connectivity index (χ3n) is 9.05. The Labute approximate surface area is 270 Å². The van der Waals surface area contributed by atoms with E-state index >= 15 is 0 Å². The van der Waals surface area contributed by atoms with Gasteiger partial charge in [-0.15, -0.1) is 0 Å². The lowest BCUT2D eigenvalue weighted by atomic mass is 9.88. The van der Waals surface area contributed by atoms with Crippen LogP contribution >= 0.6 is 7.82 Å². The fraction of sp³-hybridized carbons (Fsp3) is 1.00. The molecule has 260 valence electrons. The molecular weight excluding hydrogens is 553 g/mol. The van der Waals surface area contributed by atoms with E-state index in [0.717, 1.165) is 38.5 Å². The minimum atomic E-state index is -4.56. The van der Waals surface area contributed by atoms with Crippen LogP contribution < -0.4 is 0 Å². The summed E-state index contributed by atoms with van der Waals surface area (Å²) in [7, 11) is 1.76. The second-order valence-corrected chi connectivity index (χ2v) is 16.1. The van der Waals surface area contributed by atoms with Gasteiger partial charge in [0, 0.05) is 0 Å². The molecule has 0 aliphatic heterocycles. The topological polar surface area (TPSA) is 66.8 Å². The highest BCUT2D eigenvalue weighted by Crippen LogP contribution is 2.46. The maximum atomic E-state index is 12.1. The van der Waals surface area contributed by atoms with Gasteiger partial charge in [-0.1, -0.05) is 194 Å². The third kappa shape index (κ3) is 31.8. The van der Waals surface area contributed by atoms with Crippen molar-refractivity contribution < 1.29 is 23.4 Å². The van der Waals surface area contributed by atoms with E-state index in [1.54, 1.807) is 0 Å². The van der Waals surface area contributed by atoms with E-state index in [-0.39, 0.29) is 0 Å². The number of hydrogen-bond acceptors (Lipinski definition) is 2. The average Bonchev–Trinajstić information content (AvgIpc) is 2.91. The van der Waals surface area contributed by atoms with Crippen LogP contribution in [0.25, 0.3) is 0 Å². The molecule has 0 radical (unpaired) electrons. The molecule has 0 rings (SSSR count). The molecule has 0 amide bonds. The molecule has 0 aliphatic carbocycles. The number of nitrogens with zero attached hydrogens (tertiary/aromatic N) is 1. The zero-order chi connectivity index (χ0) is 32.1. The van der Waals surface area contributed by atoms with E-state index in [0.29, 0.717) is 11.0 Å². The molecule has 0 saturated carbocycles. The minimum Gasteiger partial charge on any atom is -0.329 e. The number of hydrogen-bond donors (Lipinski definition) is 2. The van der Waals surface area contributed by atoms with Gasteiger partial charge in [-0.2, -0.15) is 0 Å². The molecule has 6 heteroatoms. The average molecular weight is 633 g/mol. The SMILES string of the molecule is CCCCCCCCCCCCCCCCC(CCCCCCCCCCCCCCCC)(C[N+](C)(C)C)OP(=O)(O)O. The lowest BCUT2D eigenvalue weighted by molar-refractivity contribution is -0.876. The quantitative estimate of drug-likeness (QED) is 0.0421. The summed E-state index contributed by atoms with van der Waals surface area (Å²) in [5, 5.41) is 0. The molecule has 0 heterocycles. The van der Waals surface area contributed by atoms with Gasteiger partial charge in [0.15, 0.2) is 0 Å². The molecule has 0 aromatic carbocycles. The molecule has 0 aromatic rings. The lowest BCUT2D eigenvalue weighted by Gasteiger charge is -2.39. The Morgan fingerprint density at radius 3 is 0.907 bits per heavy atom. The second kappa shape index (κ2) is 28.3. The van der Waals surface area contributed by atoms with Crippen LogP contribution in [0.1, 0.15) is 206 Å². The van der Waals surface area contributed by atoms with Crippen molar-refractivity contribution in [3.63, 3.8) is 0 Å². The first-order valence-electron chi connectivity index (χ1n) is 19.1. The van der Waals surface area contributed by atoms with Crippen LogP contribution in [0.2, 0.25) is 0 Å². The van der Waals surface area contributed by atoms with Crippen molar-refractivity contribution >= 4 is 7.82 Å².